The maximum atomic E-state index is 12.9. The van der Waals surface area contributed by atoms with Crippen molar-refractivity contribution in [3.05, 3.63) is 66.4 Å². The number of hydrogen-bond acceptors (Lipinski definition) is 2. The number of carbonyl (C=O) groups is 1. The molecule has 1 unspecified atom stereocenters. The van der Waals surface area contributed by atoms with Gasteiger partial charge in [0.05, 0.1) is 12.5 Å². The number of ether oxygens (including phenoxy) is 1. The third-order valence-electron chi connectivity index (χ3n) is 5.39. The third-order valence-corrected chi connectivity index (χ3v) is 8.38. The molecule has 0 spiro atoms. The van der Waals surface area contributed by atoms with E-state index in [2.05, 4.69) is 48.5 Å². The molecule has 2 aromatic rings. The zero-order valence-corrected chi connectivity index (χ0v) is 22.4. The van der Waals surface area contributed by atoms with Crippen molar-refractivity contribution in [1.29, 1.82) is 0 Å². The van der Waals surface area contributed by atoms with Crippen LogP contribution in [0.1, 0.15) is 33.1 Å². The van der Waals surface area contributed by atoms with Crippen molar-refractivity contribution in [2.45, 2.75) is 44.8 Å². The average molecular weight is 609 g/mol. The number of benzene rings is 2. The second kappa shape index (κ2) is 11.8. The SMILES string of the molecule is CC(C)[C@H]([NH-])COC(=O)[C@@H]1CCCC1P(c1ccccc1)c1ccccc1.[Ac]. The van der Waals surface area contributed by atoms with Crippen LogP contribution in [0.3, 0.4) is 0 Å². The van der Waals surface area contributed by atoms with Crippen LogP contribution < -0.4 is 10.6 Å². The Morgan fingerprint density at radius 3 is 2.07 bits per heavy atom. The van der Waals surface area contributed by atoms with Gasteiger partial charge in [0.25, 0.3) is 0 Å². The zero-order valence-electron chi connectivity index (χ0n) is 16.8. The van der Waals surface area contributed by atoms with E-state index in [0.29, 0.717) is 5.66 Å². The van der Waals surface area contributed by atoms with E-state index in [0.717, 1.165) is 19.3 Å². The van der Waals surface area contributed by atoms with Gasteiger partial charge in [-0.2, -0.15) is 0 Å². The Labute approximate surface area is 206 Å². The van der Waals surface area contributed by atoms with Crippen LogP contribution in [0.15, 0.2) is 60.7 Å². The Hall–Kier alpha value is -0.258. The van der Waals surface area contributed by atoms with E-state index in [1.807, 2.05) is 26.0 Å². The molecule has 1 N–H and O–H groups in total. The van der Waals surface area contributed by atoms with Crippen LogP contribution >= 0.6 is 7.92 Å². The van der Waals surface area contributed by atoms with Crippen LogP contribution in [0.5, 0.6) is 0 Å². The van der Waals surface area contributed by atoms with Gasteiger partial charge in [0.1, 0.15) is 0 Å². The fourth-order valence-corrected chi connectivity index (χ4v) is 6.83. The summed E-state index contributed by atoms with van der Waals surface area (Å²) in [5, 5.41) is 2.65. The van der Waals surface area contributed by atoms with Gasteiger partial charge in [-0.1, -0.05) is 86.8 Å². The summed E-state index contributed by atoms with van der Waals surface area (Å²) in [4.78, 5) is 12.9. The first kappa shape index (κ1) is 24.0. The zero-order chi connectivity index (χ0) is 19.2. The van der Waals surface area contributed by atoms with Crippen LogP contribution in [-0.4, -0.2) is 24.3 Å². The molecule has 0 amide bonds. The third kappa shape index (κ3) is 6.12. The Morgan fingerprint density at radius 2 is 1.57 bits per heavy atom. The van der Waals surface area contributed by atoms with Gasteiger partial charge >= 0.3 is 5.97 Å². The molecule has 0 heterocycles. The number of hydrogen-bond donors (Lipinski definition) is 0. The normalized spacial score (nSPS) is 20.0. The number of carbonyl (C=O) groups excluding carboxylic acids is 1. The van der Waals surface area contributed by atoms with E-state index in [1.54, 1.807) is 0 Å². The number of nitrogens with one attached hydrogen (secondary N) is 1. The molecule has 3 rings (SSSR count). The van der Waals surface area contributed by atoms with Crippen LogP contribution in [0.2, 0.25) is 0 Å². The molecule has 2 aromatic carbocycles. The van der Waals surface area contributed by atoms with Crippen LogP contribution in [0.4, 0.5) is 0 Å². The fourth-order valence-electron chi connectivity index (χ4n) is 3.71. The van der Waals surface area contributed by atoms with Gasteiger partial charge in [0.15, 0.2) is 0 Å². The largest absolute Gasteiger partial charge is 0.672 e. The van der Waals surface area contributed by atoms with Crippen molar-refractivity contribution in [2.24, 2.45) is 11.8 Å². The molecule has 0 bridgehead atoms. The Bertz CT molecular complexity index is 686. The van der Waals surface area contributed by atoms with E-state index in [9.17, 15) is 4.79 Å². The summed E-state index contributed by atoms with van der Waals surface area (Å²) in [5.74, 6) is 0.0357. The molecule has 28 heavy (non-hydrogen) atoms. The second-order valence-electron chi connectivity index (χ2n) is 7.63. The second-order valence-corrected chi connectivity index (χ2v) is 10.1. The Balaban J connectivity index is 0.00000280. The average Bonchev–Trinajstić information content (AvgIpc) is 3.17. The molecule has 1 saturated carbocycles. The van der Waals surface area contributed by atoms with Gasteiger partial charge < -0.3 is 10.5 Å². The standard InChI is InChI=1S/C23H29NO2P.Ac/c1-17(2)21(24)16-26-23(25)20-14-9-15-22(20)27(18-10-5-3-6-11-18)19-12-7-4-8-13-19;/h3-8,10-13,17,20-22,24H,9,14-16H2,1-2H3;/q-1;/t20-,21-,22?;/m1./s1. The van der Waals surface area contributed by atoms with Crippen LogP contribution in [0.25, 0.3) is 5.73 Å². The van der Waals surface area contributed by atoms with E-state index in [1.165, 1.54) is 10.6 Å². The van der Waals surface area contributed by atoms with Crippen molar-refractivity contribution in [1.82, 2.24) is 0 Å². The molecule has 5 heteroatoms. The van der Waals surface area contributed by atoms with Crippen molar-refractivity contribution in [2.75, 3.05) is 6.61 Å². The molecule has 1 fully saturated rings. The molecule has 0 aliphatic heterocycles. The first-order chi connectivity index (χ1) is 13.1. The quantitative estimate of drug-likeness (QED) is 0.331. The van der Waals surface area contributed by atoms with Crippen molar-refractivity contribution < 1.29 is 53.6 Å². The van der Waals surface area contributed by atoms with Gasteiger partial charge in [-0.3, -0.25) is 4.79 Å². The topological polar surface area (TPSA) is 50.1 Å². The molecule has 0 aromatic heterocycles. The summed E-state index contributed by atoms with van der Waals surface area (Å²) in [6, 6.07) is 20.9. The first-order valence-corrected chi connectivity index (χ1v) is 11.3. The van der Waals surface area contributed by atoms with E-state index >= 15 is 0 Å². The predicted molar refractivity (Wildman–Crippen MR) is 114 cm³/mol. The molecular weight excluding hydrogens is 580 g/mol. The van der Waals surface area contributed by atoms with Gasteiger partial charge in [0, 0.05) is 49.7 Å². The molecule has 1 aliphatic rings. The minimum absolute atomic E-state index is 0. The minimum atomic E-state index is -0.610. The number of esters is 1. The van der Waals surface area contributed by atoms with E-state index in [4.69, 9.17) is 10.5 Å². The maximum absolute atomic E-state index is 12.9. The van der Waals surface area contributed by atoms with Crippen LogP contribution in [-0.2, 0) is 9.53 Å². The van der Waals surface area contributed by atoms with Crippen molar-refractivity contribution in [3.8, 4) is 0 Å². The van der Waals surface area contributed by atoms with Crippen molar-refractivity contribution in [3.63, 3.8) is 0 Å². The Kier molecular flexibility index (Phi) is 10.1. The molecule has 3 nitrogen and oxygen atoms in total. The predicted octanol–water partition coefficient (Wildman–Crippen LogP) is 4.91. The molecule has 0 saturated heterocycles. The first-order valence-electron chi connectivity index (χ1n) is 9.85. The van der Waals surface area contributed by atoms with E-state index in [-0.39, 0.29) is 74.5 Å². The molecule has 3 atom stereocenters. The van der Waals surface area contributed by atoms with Crippen LogP contribution in [0, 0.1) is 55.9 Å². The molecule has 147 valence electrons. The smallest absolute Gasteiger partial charge is 0.309 e. The van der Waals surface area contributed by atoms with Gasteiger partial charge in [-0.15, -0.1) is 6.04 Å². The van der Waals surface area contributed by atoms with E-state index < -0.39 is 7.92 Å². The number of rotatable bonds is 7. The monoisotopic (exact) mass is 609 g/mol. The Morgan fingerprint density at radius 1 is 1.04 bits per heavy atom. The van der Waals surface area contributed by atoms with Gasteiger partial charge in [-0.25, -0.2) is 0 Å². The summed E-state index contributed by atoms with van der Waals surface area (Å²) < 4.78 is 5.59. The summed E-state index contributed by atoms with van der Waals surface area (Å²) in [5.41, 5.74) is 8.33. The summed E-state index contributed by atoms with van der Waals surface area (Å²) in [7, 11) is -0.610. The van der Waals surface area contributed by atoms with Crippen molar-refractivity contribution >= 4 is 24.5 Å². The maximum Gasteiger partial charge on any atom is 0.309 e. The fraction of sp³-hybridized carbons (Fsp3) is 0.435. The molecule has 1 radical (unpaired) electrons. The van der Waals surface area contributed by atoms with Gasteiger partial charge in [0.2, 0.25) is 0 Å². The summed E-state index contributed by atoms with van der Waals surface area (Å²) in [6.07, 6.45) is 3.02. The molecular formula is C23H29AcNO2P-. The molecule has 1 aliphatic carbocycles. The minimum Gasteiger partial charge on any atom is -0.672 e. The van der Waals surface area contributed by atoms with Gasteiger partial charge in [-0.05, 0) is 31.4 Å². The summed E-state index contributed by atoms with van der Waals surface area (Å²) in [6.45, 7) is 4.19. The summed E-state index contributed by atoms with van der Waals surface area (Å²) >= 11 is 0.